The third-order valence-electron chi connectivity index (χ3n) is 3.45. The molecule has 1 fully saturated rings. The van der Waals surface area contributed by atoms with E-state index >= 15 is 0 Å². The maximum atomic E-state index is 13.3. The first-order chi connectivity index (χ1) is 10.7. The van der Waals surface area contributed by atoms with Crippen LogP contribution in [-0.2, 0) is 4.74 Å². The summed E-state index contributed by atoms with van der Waals surface area (Å²) in [7, 11) is 0. The summed E-state index contributed by atoms with van der Waals surface area (Å²) >= 11 is 0. The lowest BCUT2D eigenvalue weighted by Crippen LogP contribution is -2.38. The maximum absolute atomic E-state index is 13.3. The summed E-state index contributed by atoms with van der Waals surface area (Å²) in [5, 5.41) is 21.1. The van der Waals surface area contributed by atoms with Crippen molar-refractivity contribution >= 4 is 5.69 Å². The van der Waals surface area contributed by atoms with Gasteiger partial charge < -0.3 is 25.0 Å². The molecule has 1 aliphatic heterocycles. The monoisotopic (exact) mass is 314 g/mol. The van der Waals surface area contributed by atoms with E-state index in [4.69, 9.17) is 14.6 Å². The zero-order valence-electron chi connectivity index (χ0n) is 12.5. The van der Waals surface area contributed by atoms with Crippen molar-refractivity contribution in [3.8, 4) is 5.75 Å². The van der Waals surface area contributed by atoms with Gasteiger partial charge in [-0.05, 0) is 12.1 Å². The lowest BCUT2D eigenvalue weighted by atomic mass is 10.2. The average Bonchev–Trinajstić information content (AvgIpc) is 2.55. The van der Waals surface area contributed by atoms with Crippen LogP contribution in [0.3, 0.4) is 0 Å². The summed E-state index contributed by atoms with van der Waals surface area (Å²) < 4.78 is 24.3. The zero-order valence-corrected chi connectivity index (χ0v) is 12.5. The van der Waals surface area contributed by atoms with Gasteiger partial charge in [0.05, 0.1) is 31.6 Å². The van der Waals surface area contributed by atoms with Crippen LogP contribution in [0.25, 0.3) is 0 Å². The number of benzene rings is 1. The Kier molecular flexibility index (Phi) is 6.85. The largest absolute Gasteiger partial charge is 0.490 e. The Balaban J connectivity index is 1.85. The van der Waals surface area contributed by atoms with Crippen LogP contribution in [-0.4, -0.2) is 73.8 Å². The number of halogens is 1. The zero-order chi connectivity index (χ0) is 15.8. The number of aliphatic hydroxyl groups excluding tert-OH is 2. The molecule has 1 heterocycles. The number of hydrogen-bond donors (Lipinski definition) is 3. The minimum atomic E-state index is -0.899. The Bertz CT molecular complexity index is 455. The molecule has 1 aromatic carbocycles. The minimum absolute atomic E-state index is 0.125. The van der Waals surface area contributed by atoms with Gasteiger partial charge in [0.1, 0.15) is 18.2 Å². The summed E-state index contributed by atoms with van der Waals surface area (Å²) in [6.45, 7) is 4.30. The smallest absolute Gasteiger partial charge is 0.142 e. The van der Waals surface area contributed by atoms with Gasteiger partial charge in [0, 0.05) is 32.2 Å². The van der Waals surface area contributed by atoms with E-state index in [0.717, 1.165) is 32.8 Å². The van der Waals surface area contributed by atoms with Crippen LogP contribution in [0, 0.1) is 5.82 Å². The van der Waals surface area contributed by atoms with Gasteiger partial charge in [-0.2, -0.15) is 0 Å². The van der Waals surface area contributed by atoms with Crippen LogP contribution in [0.2, 0.25) is 0 Å². The fourth-order valence-electron chi connectivity index (χ4n) is 2.17. The molecule has 0 radical (unpaired) electrons. The van der Waals surface area contributed by atoms with E-state index in [9.17, 15) is 9.50 Å². The van der Waals surface area contributed by atoms with E-state index in [1.54, 1.807) is 6.07 Å². The SMILES string of the molecule is OCC(O)CNc1cc(F)ccc1OCCN1CCOCC1. The number of nitrogens with zero attached hydrogens (tertiary/aromatic N) is 1. The molecule has 0 bridgehead atoms. The Morgan fingerprint density at radius 3 is 2.86 bits per heavy atom. The molecule has 1 aromatic rings. The predicted octanol–water partition coefficient (Wildman–Crippen LogP) is 0.302. The van der Waals surface area contributed by atoms with Crippen molar-refractivity contribution < 1.29 is 24.1 Å². The Morgan fingerprint density at radius 1 is 1.36 bits per heavy atom. The summed E-state index contributed by atoms with van der Waals surface area (Å²) in [6.07, 6.45) is -0.899. The van der Waals surface area contributed by atoms with Crippen LogP contribution in [0.5, 0.6) is 5.75 Å². The summed E-state index contributed by atoms with van der Waals surface area (Å²) in [5.41, 5.74) is 0.467. The van der Waals surface area contributed by atoms with Crippen molar-refractivity contribution in [1.82, 2.24) is 4.90 Å². The molecule has 1 unspecified atom stereocenters. The van der Waals surface area contributed by atoms with Crippen LogP contribution < -0.4 is 10.1 Å². The van der Waals surface area contributed by atoms with Crippen LogP contribution >= 0.6 is 0 Å². The molecule has 1 atom stereocenters. The fraction of sp³-hybridized carbons (Fsp3) is 0.600. The quantitative estimate of drug-likeness (QED) is 0.641. The molecule has 0 aliphatic carbocycles. The molecular weight excluding hydrogens is 291 g/mol. The van der Waals surface area contributed by atoms with Gasteiger partial charge in [-0.15, -0.1) is 0 Å². The Labute approximate surface area is 129 Å². The summed E-state index contributed by atoms with van der Waals surface area (Å²) in [4.78, 5) is 2.25. The molecule has 6 nitrogen and oxygen atoms in total. The van der Waals surface area contributed by atoms with Crippen molar-refractivity contribution in [2.24, 2.45) is 0 Å². The van der Waals surface area contributed by atoms with E-state index in [0.29, 0.717) is 18.0 Å². The third kappa shape index (κ3) is 5.42. The van der Waals surface area contributed by atoms with Crippen molar-refractivity contribution in [3.05, 3.63) is 24.0 Å². The minimum Gasteiger partial charge on any atom is -0.490 e. The van der Waals surface area contributed by atoms with E-state index in [1.807, 2.05) is 0 Å². The second-order valence-electron chi connectivity index (χ2n) is 5.16. The Morgan fingerprint density at radius 2 is 2.14 bits per heavy atom. The van der Waals surface area contributed by atoms with Gasteiger partial charge in [0.15, 0.2) is 0 Å². The summed E-state index contributed by atoms with van der Waals surface area (Å²) in [5.74, 6) is 0.140. The molecule has 124 valence electrons. The van der Waals surface area contributed by atoms with Crippen molar-refractivity contribution in [3.63, 3.8) is 0 Å². The lowest BCUT2D eigenvalue weighted by Gasteiger charge is -2.26. The molecule has 0 saturated carbocycles. The number of anilines is 1. The number of ether oxygens (including phenoxy) is 2. The average molecular weight is 314 g/mol. The van der Waals surface area contributed by atoms with Crippen molar-refractivity contribution in [2.75, 3.05) is 57.9 Å². The molecular formula is C15H23FN2O4. The van der Waals surface area contributed by atoms with Crippen molar-refractivity contribution in [1.29, 1.82) is 0 Å². The molecule has 7 heteroatoms. The second kappa shape index (κ2) is 8.89. The lowest BCUT2D eigenvalue weighted by molar-refractivity contribution is 0.0323. The van der Waals surface area contributed by atoms with Gasteiger partial charge in [-0.25, -0.2) is 4.39 Å². The standard InChI is InChI=1S/C15H23FN2O4/c16-12-1-2-15(14(9-12)17-10-13(20)11-19)22-8-5-18-3-6-21-7-4-18/h1-2,9,13,17,19-20H,3-8,10-11H2. The fourth-order valence-corrected chi connectivity index (χ4v) is 2.17. The topological polar surface area (TPSA) is 74.2 Å². The van der Waals surface area contributed by atoms with Gasteiger partial charge in [0.25, 0.3) is 0 Å². The van der Waals surface area contributed by atoms with Gasteiger partial charge in [-0.3, -0.25) is 4.90 Å². The summed E-state index contributed by atoms with van der Waals surface area (Å²) in [6, 6.07) is 4.20. The number of nitrogens with one attached hydrogen (secondary N) is 1. The molecule has 1 saturated heterocycles. The molecule has 22 heavy (non-hydrogen) atoms. The number of morpholine rings is 1. The molecule has 0 aromatic heterocycles. The Hall–Kier alpha value is -1.41. The predicted molar refractivity (Wildman–Crippen MR) is 80.7 cm³/mol. The van der Waals surface area contributed by atoms with E-state index in [-0.39, 0.29) is 19.0 Å². The molecule has 0 amide bonds. The molecule has 1 aliphatic rings. The number of hydrogen-bond acceptors (Lipinski definition) is 6. The highest BCUT2D eigenvalue weighted by Gasteiger charge is 2.11. The molecule has 3 N–H and O–H groups in total. The second-order valence-corrected chi connectivity index (χ2v) is 5.16. The van der Waals surface area contributed by atoms with E-state index < -0.39 is 6.10 Å². The normalized spacial score (nSPS) is 17.2. The highest BCUT2D eigenvalue weighted by molar-refractivity contribution is 5.56. The van der Waals surface area contributed by atoms with Gasteiger partial charge in [0.2, 0.25) is 0 Å². The van der Waals surface area contributed by atoms with Crippen molar-refractivity contribution in [2.45, 2.75) is 6.10 Å². The van der Waals surface area contributed by atoms with E-state index in [1.165, 1.54) is 12.1 Å². The van der Waals surface area contributed by atoms with Crippen LogP contribution in [0.15, 0.2) is 18.2 Å². The first kappa shape index (κ1) is 17.0. The van der Waals surface area contributed by atoms with Gasteiger partial charge in [-0.1, -0.05) is 0 Å². The third-order valence-corrected chi connectivity index (χ3v) is 3.45. The number of rotatable bonds is 8. The number of aliphatic hydroxyl groups is 2. The van der Waals surface area contributed by atoms with E-state index in [2.05, 4.69) is 10.2 Å². The molecule has 2 rings (SSSR count). The first-order valence-corrected chi connectivity index (χ1v) is 7.44. The molecule has 0 spiro atoms. The maximum Gasteiger partial charge on any atom is 0.142 e. The van der Waals surface area contributed by atoms with Gasteiger partial charge >= 0.3 is 0 Å². The highest BCUT2D eigenvalue weighted by Crippen LogP contribution is 2.25. The first-order valence-electron chi connectivity index (χ1n) is 7.44. The van der Waals surface area contributed by atoms with Crippen LogP contribution in [0.4, 0.5) is 10.1 Å². The van der Waals surface area contributed by atoms with Crippen LogP contribution in [0.1, 0.15) is 0 Å². The highest BCUT2D eigenvalue weighted by atomic mass is 19.1.